The highest BCUT2D eigenvalue weighted by atomic mass is 32.1. The Morgan fingerprint density at radius 2 is 1.34 bits per heavy atom. The highest BCUT2D eigenvalue weighted by Gasteiger charge is 2.30. The average molecular weight is 520 g/mol. The molecule has 0 aromatic rings. The Morgan fingerprint density at radius 3 is 1.80 bits per heavy atom. The molecule has 4 unspecified atom stereocenters. The van der Waals surface area contributed by atoms with Crippen LogP contribution in [0.1, 0.15) is 38.5 Å². The van der Waals surface area contributed by atoms with Crippen molar-refractivity contribution in [2.24, 2.45) is 33.7 Å². The Kier molecular flexibility index (Phi) is 15.8. The molecular formula is C19H37N9O6S. The Morgan fingerprint density at radius 1 is 0.829 bits per heavy atom. The number of guanidine groups is 1. The number of carboxylic acid groups (broad SMARTS) is 1. The van der Waals surface area contributed by atoms with Gasteiger partial charge in [-0.1, -0.05) is 0 Å². The summed E-state index contributed by atoms with van der Waals surface area (Å²) in [5.74, 6) is -4.65. The maximum Gasteiger partial charge on any atom is 0.327 e. The Labute approximate surface area is 208 Å². The molecular weight excluding hydrogens is 482 g/mol. The number of hydrogen-bond acceptors (Lipinski definition) is 9. The van der Waals surface area contributed by atoms with Crippen molar-refractivity contribution in [1.82, 2.24) is 16.0 Å². The molecule has 15 nitrogen and oxygen atoms in total. The molecule has 0 radical (unpaired) electrons. The standard InChI is InChI=1S/C19H37N9O6S/c20-6-2-1-4-11(26-15(30)10(21)8-14(22)29)16(31)27-12(5-3-7-25-19(23)24)17(32)28-13(9-35)18(33)34/h10-13,35H,1-9,20-21H2,(H2,22,29)(H,26,30)(H,27,31)(H,28,32)(H,33,34)(H4,23,24,25). The van der Waals surface area contributed by atoms with E-state index in [0.717, 1.165) is 0 Å². The van der Waals surface area contributed by atoms with Gasteiger partial charge in [0.15, 0.2) is 5.96 Å². The monoisotopic (exact) mass is 519 g/mol. The van der Waals surface area contributed by atoms with E-state index in [-0.39, 0.29) is 37.5 Å². The summed E-state index contributed by atoms with van der Waals surface area (Å²) in [6.07, 6.45) is 1.15. The molecule has 0 aromatic heterocycles. The zero-order valence-electron chi connectivity index (χ0n) is 19.4. The van der Waals surface area contributed by atoms with Gasteiger partial charge in [0.05, 0.1) is 12.5 Å². The van der Waals surface area contributed by atoms with Crippen molar-refractivity contribution in [2.45, 2.75) is 62.7 Å². The summed E-state index contributed by atoms with van der Waals surface area (Å²) in [5, 5.41) is 16.5. The van der Waals surface area contributed by atoms with E-state index in [2.05, 4.69) is 33.6 Å². The van der Waals surface area contributed by atoms with Gasteiger partial charge < -0.3 is 49.7 Å². The Bertz CT molecular complexity index is 763. The van der Waals surface area contributed by atoms with E-state index in [9.17, 15) is 29.1 Å². The third-order valence-electron chi connectivity index (χ3n) is 4.71. The van der Waals surface area contributed by atoms with Crippen LogP contribution in [0.4, 0.5) is 0 Å². The minimum atomic E-state index is -1.30. The topological polar surface area (TPSA) is 284 Å². The second-order valence-corrected chi connectivity index (χ2v) is 8.08. The van der Waals surface area contributed by atoms with Gasteiger partial charge in [0.25, 0.3) is 0 Å². The lowest BCUT2D eigenvalue weighted by Gasteiger charge is -2.25. The summed E-state index contributed by atoms with van der Waals surface area (Å²) >= 11 is 3.91. The second kappa shape index (κ2) is 17.3. The predicted octanol–water partition coefficient (Wildman–Crippen LogP) is -4.16. The number of nitrogens with two attached hydrogens (primary N) is 5. The number of thiol groups is 1. The van der Waals surface area contributed by atoms with Gasteiger partial charge >= 0.3 is 5.97 Å². The molecule has 0 aliphatic rings. The molecule has 0 rings (SSSR count). The normalized spacial score (nSPS) is 14.0. The number of aliphatic imine (C=N–C) groups is 1. The number of nitrogens with zero attached hydrogens (tertiary/aromatic N) is 1. The lowest BCUT2D eigenvalue weighted by atomic mass is 10.0. The van der Waals surface area contributed by atoms with Gasteiger partial charge in [0.2, 0.25) is 23.6 Å². The van der Waals surface area contributed by atoms with E-state index in [0.29, 0.717) is 19.4 Å². The molecule has 0 saturated heterocycles. The van der Waals surface area contributed by atoms with Gasteiger partial charge in [0.1, 0.15) is 18.1 Å². The van der Waals surface area contributed by atoms with E-state index in [1.165, 1.54) is 0 Å². The zero-order valence-corrected chi connectivity index (χ0v) is 20.3. The lowest BCUT2D eigenvalue weighted by molar-refractivity contribution is -0.141. The van der Waals surface area contributed by atoms with Gasteiger partial charge in [-0.15, -0.1) is 0 Å². The second-order valence-electron chi connectivity index (χ2n) is 7.71. The number of hydrogen-bond donors (Lipinski definition) is 10. The number of rotatable bonds is 18. The van der Waals surface area contributed by atoms with Crippen molar-refractivity contribution >= 4 is 48.2 Å². The lowest BCUT2D eigenvalue weighted by Crippen LogP contribution is -2.57. The molecule has 35 heavy (non-hydrogen) atoms. The summed E-state index contributed by atoms with van der Waals surface area (Å²) < 4.78 is 0. The Balaban J connectivity index is 5.54. The molecule has 0 aliphatic heterocycles. The summed E-state index contributed by atoms with van der Waals surface area (Å²) in [6.45, 7) is 0.523. The van der Waals surface area contributed by atoms with Crippen molar-refractivity contribution < 1.29 is 29.1 Å². The van der Waals surface area contributed by atoms with Crippen molar-refractivity contribution in [3.63, 3.8) is 0 Å². The van der Waals surface area contributed by atoms with Crippen molar-refractivity contribution in [3.05, 3.63) is 0 Å². The maximum atomic E-state index is 13.0. The third kappa shape index (κ3) is 14.0. The molecule has 0 fully saturated rings. The smallest absolute Gasteiger partial charge is 0.327 e. The summed E-state index contributed by atoms with van der Waals surface area (Å²) in [5.41, 5.74) is 26.8. The van der Waals surface area contributed by atoms with Crippen LogP contribution in [0.2, 0.25) is 0 Å². The van der Waals surface area contributed by atoms with Crippen LogP contribution in [-0.4, -0.2) is 83.7 Å². The Hall–Kier alpha value is -3.11. The molecule has 0 bridgehead atoms. The highest BCUT2D eigenvalue weighted by molar-refractivity contribution is 7.80. The maximum absolute atomic E-state index is 13.0. The number of nitrogens with one attached hydrogen (secondary N) is 3. The molecule has 16 heteroatoms. The van der Waals surface area contributed by atoms with E-state index in [4.69, 9.17) is 28.7 Å². The number of primary amides is 1. The van der Waals surface area contributed by atoms with Crippen molar-refractivity contribution in [1.29, 1.82) is 0 Å². The fourth-order valence-corrected chi connectivity index (χ4v) is 3.10. The SMILES string of the molecule is NCCCCC(NC(=O)C(N)CC(N)=O)C(=O)NC(CCCN=C(N)N)C(=O)NC(CS)C(=O)O. The van der Waals surface area contributed by atoms with Crippen molar-refractivity contribution in [2.75, 3.05) is 18.8 Å². The fourth-order valence-electron chi connectivity index (χ4n) is 2.85. The van der Waals surface area contributed by atoms with E-state index < -0.39 is 60.2 Å². The zero-order chi connectivity index (χ0) is 27.0. The fraction of sp³-hybridized carbons (Fsp3) is 0.684. The van der Waals surface area contributed by atoms with Gasteiger partial charge in [-0.25, -0.2) is 4.79 Å². The van der Waals surface area contributed by atoms with Crippen LogP contribution in [0.3, 0.4) is 0 Å². The first-order valence-corrected chi connectivity index (χ1v) is 11.6. The largest absolute Gasteiger partial charge is 0.480 e. The van der Waals surface area contributed by atoms with E-state index in [1.807, 2.05) is 0 Å². The average Bonchev–Trinajstić information content (AvgIpc) is 2.77. The first-order chi connectivity index (χ1) is 16.4. The highest BCUT2D eigenvalue weighted by Crippen LogP contribution is 2.06. The quantitative estimate of drug-likeness (QED) is 0.0361. The number of aliphatic carboxylic acids is 1. The molecule has 0 aromatic carbocycles. The predicted molar refractivity (Wildman–Crippen MR) is 132 cm³/mol. The minimum absolute atomic E-state index is 0.0674. The molecule has 0 saturated carbocycles. The van der Waals surface area contributed by atoms with Gasteiger partial charge in [0, 0.05) is 12.3 Å². The summed E-state index contributed by atoms with van der Waals surface area (Å²) in [4.78, 5) is 64.2. The van der Waals surface area contributed by atoms with Crippen LogP contribution < -0.4 is 44.6 Å². The van der Waals surface area contributed by atoms with E-state index >= 15 is 0 Å². The van der Waals surface area contributed by atoms with Gasteiger partial charge in [-0.2, -0.15) is 12.6 Å². The van der Waals surface area contributed by atoms with Crippen LogP contribution in [0.25, 0.3) is 0 Å². The number of unbranched alkanes of at least 4 members (excludes halogenated alkanes) is 1. The summed E-state index contributed by atoms with van der Waals surface area (Å²) in [7, 11) is 0. The molecule has 0 spiro atoms. The van der Waals surface area contributed by atoms with Crippen LogP contribution >= 0.6 is 12.6 Å². The van der Waals surface area contributed by atoms with Crippen LogP contribution in [-0.2, 0) is 24.0 Å². The first-order valence-electron chi connectivity index (χ1n) is 11.0. The van der Waals surface area contributed by atoms with E-state index in [1.54, 1.807) is 0 Å². The minimum Gasteiger partial charge on any atom is -0.480 e. The number of carbonyl (C=O) groups excluding carboxylic acids is 4. The van der Waals surface area contributed by atoms with Gasteiger partial charge in [-0.3, -0.25) is 24.2 Å². The third-order valence-corrected chi connectivity index (χ3v) is 5.08. The number of carboxylic acids is 1. The molecule has 14 N–H and O–H groups in total. The first kappa shape index (κ1) is 31.9. The molecule has 4 amide bonds. The summed E-state index contributed by atoms with van der Waals surface area (Å²) in [6, 6.07) is -4.80. The van der Waals surface area contributed by atoms with Crippen LogP contribution in [0.15, 0.2) is 4.99 Å². The molecule has 4 atom stereocenters. The van der Waals surface area contributed by atoms with Gasteiger partial charge in [-0.05, 0) is 38.6 Å². The molecule has 0 aliphatic carbocycles. The van der Waals surface area contributed by atoms with Crippen LogP contribution in [0.5, 0.6) is 0 Å². The molecule has 0 heterocycles. The number of carbonyl (C=O) groups is 5. The van der Waals surface area contributed by atoms with Crippen LogP contribution in [0, 0.1) is 0 Å². The van der Waals surface area contributed by atoms with Crippen molar-refractivity contribution in [3.8, 4) is 0 Å². The molecule has 200 valence electrons. The number of amides is 4.